The summed E-state index contributed by atoms with van der Waals surface area (Å²) in [6, 6.07) is 13.8. The standard InChI is InChI=1S/C19H15F2N3/c1-18(20,21)16-11-23-24-9-6-14(10-17(16)24)13-2-4-15(5-3-13)19(12-22)7-8-19/h2-6,9-11H,7-8H2,1H3. The van der Waals surface area contributed by atoms with E-state index in [4.69, 9.17) is 0 Å². The van der Waals surface area contributed by atoms with Gasteiger partial charge in [-0.25, -0.2) is 13.3 Å². The van der Waals surface area contributed by atoms with E-state index in [1.165, 1.54) is 10.7 Å². The van der Waals surface area contributed by atoms with Crippen LogP contribution in [-0.2, 0) is 11.3 Å². The monoisotopic (exact) mass is 323 g/mol. The summed E-state index contributed by atoms with van der Waals surface area (Å²) >= 11 is 0. The smallest absolute Gasteiger partial charge is 0.240 e. The fourth-order valence-electron chi connectivity index (χ4n) is 3.07. The summed E-state index contributed by atoms with van der Waals surface area (Å²) in [5, 5.41) is 13.3. The Kier molecular flexibility index (Phi) is 3.01. The van der Waals surface area contributed by atoms with Crippen molar-refractivity contribution >= 4 is 5.52 Å². The van der Waals surface area contributed by atoms with Crippen LogP contribution in [0.25, 0.3) is 16.6 Å². The molecule has 1 aromatic carbocycles. The second-order valence-corrected chi connectivity index (χ2v) is 6.46. The lowest BCUT2D eigenvalue weighted by molar-refractivity contribution is 0.0190. The van der Waals surface area contributed by atoms with Gasteiger partial charge in [-0.1, -0.05) is 24.3 Å². The highest BCUT2D eigenvalue weighted by atomic mass is 19.3. The highest BCUT2D eigenvalue weighted by Gasteiger charge is 2.44. The zero-order valence-corrected chi connectivity index (χ0v) is 13.1. The number of aromatic nitrogens is 2. The first-order valence-electron chi connectivity index (χ1n) is 7.81. The molecule has 0 radical (unpaired) electrons. The molecule has 1 fully saturated rings. The molecule has 3 nitrogen and oxygen atoms in total. The van der Waals surface area contributed by atoms with E-state index in [1.807, 2.05) is 30.3 Å². The van der Waals surface area contributed by atoms with E-state index < -0.39 is 5.92 Å². The van der Waals surface area contributed by atoms with Crippen molar-refractivity contribution in [2.45, 2.75) is 31.1 Å². The van der Waals surface area contributed by atoms with Crippen LogP contribution >= 0.6 is 0 Å². The van der Waals surface area contributed by atoms with Gasteiger partial charge in [-0.05, 0) is 41.7 Å². The molecular weight excluding hydrogens is 308 g/mol. The van der Waals surface area contributed by atoms with Gasteiger partial charge in [0.2, 0.25) is 0 Å². The Bertz CT molecular complexity index is 955. The zero-order chi connectivity index (χ0) is 16.9. The summed E-state index contributed by atoms with van der Waals surface area (Å²) in [6.07, 6.45) is 4.70. The second kappa shape index (κ2) is 4.88. The summed E-state index contributed by atoms with van der Waals surface area (Å²) < 4.78 is 28.9. The van der Waals surface area contributed by atoms with E-state index in [-0.39, 0.29) is 11.0 Å². The number of halogens is 2. The molecule has 5 heteroatoms. The quantitative estimate of drug-likeness (QED) is 0.703. The minimum absolute atomic E-state index is 0.0811. The summed E-state index contributed by atoms with van der Waals surface area (Å²) in [7, 11) is 0. The molecule has 24 heavy (non-hydrogen) atoms. The average Bonchev–Trinajstić information content (AvgIpc) is 3.25. The summed E-state index contributed by atoms with van der Waals surface area (Å²) in [4.78, 5) is 0. The fraction of sp³-hybridized carbons (Fsp3) is 0.263. The summed E-state index contributed by atoms with van der Waals surface area (Å²) in [5.74, 6) is -2.94. The van der Waals surface area contributed by atoms with Crippen molar-refractivity contribution in [3.8, 4) is 17.2 Å². The van der Waals surface area contributed by atoms with Crippen LogP contribution in [0.1, 0.15) is 30.9 Å². The SMILES string of the molecule is CC(F)(F)c1cnn2ccc(-c3ccc(C4(C#N)CC4)cc3)cc12. The molecule has 0 atom stereocenters. The lowest BCUT2D eigenvalue weighted by Gasteiger charge is -2.10. The van der Waals surface area contributed by atoms with Crippen molar-refractivity contribution in [1.29, 1.82) is 5.26 Å². The Morgan fingerprint density at radius 3 is 2.46 bits per heavy atom. The predicted molar refractivity (Wildman–Crippen MR) is 86.7 cm³/mol. The minimum Gasteiger partial charge on any atom is -0.240 e. The van der Waals surface area contributed by atoms with E-state index >= 15 is 0 Å². The first-order chi connectivity index (χ1) is 11.4. The predicted octanol–water partition coefficient (Wildman–Crippen LogP) is 4.67. The molecule has 0 amide bonds. The molecule has 0 aliphatic heterocycles. The number of hydrogen-bond donors (Lipinski definition) is 0. The van der Waals surface area contributed by atoms with Gasteiger partial charge in [0.1, 0.15) is 0 Å². The molecule has 0 N–H and O–H groups in total. The van der Waals surface area contributed by atoms with Gasteiger partial charge in [0.15, 0.2) is 0 Å². The van der Waals surface area contributed by atoms with Gasteiger partial charge in [0.25, 0.3) is 5.92 Å². The molecular formula is C19H15F2N3. The first-order valence-corrected chi connectivity index (χ1v) is 7.81. The third-order valence-corrected chi connectivity index (χ3v) is 4.73. The van der Waals surface area contributed by atoms with Crippen LogP contribution in [-0.4, -0.2) is 9.61 Å². The number of pyridine rings is 1. The third-order valence-electron chi connectivity index (χ3n) is 4.73. The Hall–Kier alpha value is -2.74. The molecule has 2 heterocycles. The molecule has 1 saturated carbocycles. The topological polar surface area (TPSA) is 41.1 Å². The van der Waals surface area contributed by atoms with E-state index in [0.717, 1.165) is 36.5 Å². The van der Waals surface area contributed by atoms with Crippen LogP contribution in [0.15, 0.2) is 48.8 Å². The van der Waals surface area contributed by atoms with E-state index in [0.29, 0.717) is 5.52 Å². The normalized spacial score (nSPS) is 16.1. The van der Waals surface area contributed by atoms with Gasteiger partial charge in [-0.15, -0.1) is 0 Å². The van der Waals surface area contributed by atoms with Crippen molar-refractivity contribution in [2.24, 2.45) is 0 Å². The Morgan fingerprint density at radius 1 is 1.17 bits per heavy atom. The number of rotatable bonds is 3. The van der Waals surface area contributed by atoms with Crippen LogP contribution in [0, 0.1) is 11.3 Å². The maximum absolute atomic E-state index is 13.7. The number of fused-ring (bicyclic) bond motifs is 1. The van der Waals surface area contributed by atoms with Crippen molar-refractivity contribution < 1.29 is 8.78 Å². The van der Waals surface area contributed by atoms with Crippen LogP contribution < -0.4 is 0 Å². The minimum atomic E-state index is -2.94. The Balaban J connectivity index is 1.75. The van der Waals surface area contributed by atoms with Gasteiger partial charge in [-0.2, -0.15) is 10.4 Å². The second-order valence-electron chi connectivity index (χ2n) is 6.46. The molecule has 1 aliphatic rings. The van der Waals surface area contributed by atoms with Crippen LogP contribution in [0.2, 0.25) is 0 Å². The van der Waals surface area contributed by atoms with Crippen LogP contribution in [0.3, 0.4) is 0 Å². The summed E-state index contributed by atoms with van der Waals surface area (Å²) in [5.41, 5.74) is 2.82. The molecule has 0 saturated heterocycles. The van der Waals surface area contributed by atoms with Crippen molar-refractivity contribution in [3.63, 3.8) is 0 Å². The Morgan fingerprint density at radius 2 is 1.88 bits per heavy atom. The largest absolute Gasteiger partial charge is 0.274 e. The lowest BCUT2D eigenvalue weighted by Crippen LogP contribution is -2.06. The Labute approximate surface area is 138 Å². The number of benzene rings is 1. The van der Waals surface area contributed by atoms with Crippen molar-refractivity contribution in [2.75, 3.05) is 0 Å². The number of hydrogen-bond acceptors (Lipinski definition) is 2. The maximum atomic E-state index is 13.7. The van der Waals surface area contributed by atoms with Gasteiger partial charge in [-0.3, -0.25) is 0 Å². The molecule has 0 spiro atoms. The zero-order valence-electron chi connectivity index (χ0n) is 13.1. The van der Waals surface area contributed by atoms with E-state index in [1.54, 1.807) is 12.3 Å². The van der Waals surface area contributed by atoms with Gasteiger partial charge in [0.05, 0.1) is 28.8 Å². The first kappa shape index (κ1) is 14.8. The molecule has 3 aromatic rings. The lowest BCUT2D eigenvalue weighted by atomic mass is 9.95. The molecule has 0 bridgehead atoms. The molecule has 1 aliphatic carbocycles. The van der Waals surface area contributed by atoms with Crippen LogP contribution in [0.5, 0.6) is 0 Å². The van der Waals surface area contributed by atoms with Gasteiger partial charge in [0, 0.05) is 13.1 Å². The molecule has 120 valence electrons. The van der Waals surface area contributed by atoms with E-state index in [9.17, 15) is 14.0 Å². The maximum Gasteiger partial charge on any atom is 0.274 e. The third kappa shape index (κ3) is 2.26. The number of alkyl halides is 2. The molecule has 0 unspecified atom stereocenters. The number of nitrogens with zero attached hydrogens (tertiary/aromatic N) is 3. The summed E-state index contributed by atoms with van der Waals surface area (Å²) in [6.45, 7) is 0.877. The average molecular weight is 323 g/mol. The molecule has 4 rings (SSSR count). The van der Waals surface area contributed by atoms with Crippen molar-refractivity contribution in [1.82, 2.24) is 9.61 Å². The highest BCUT2D eigenvalue weighted by molar-refractivity contribution is 5.71. The van der Waals surface area contributed by atoms with Gasteiger partial charge < -0.3 is 0 Å². The fourth-order valence-corrected chi connectivity index (χ4v) is 3.07. The van der Waals surface area contributed by atoms with E-state index in [2.05, 4.69) is 11.2 Å². The van der Waals surface area contributed by atoms with Crippen LogP contribution in [0.4, 0.5) is 8.78 Å². The van der Waals surface area contributed by atoms with Crippen molar-refractivity contribution in [3.05, 3.63) is 59.9 Å². The highest BCUT2D eigenvalue weighted by Crippen LogP contribution is 2.47. The number of nitriles is 1. The molecule has 2 aromatic heterocycles. The van der Waals surface area contributed by atoms with Gasteiger partial charge >= 0.3 is 0 Å².